The van der Waals surface area contributed by atoms with Gasteiger partial charge in [-0.25, -0.2) is 13.1 Å². The van der Waals surface area contributed by atoms with Crippen molar-refractivity contribution in [3.63, 3.8) is 0 Å². The maximum absolute atomic E-state index is 12.1. The fraction of sp³-hybridized carbons (Fsp3) is 0.294. The van der Waals surface area contributed by atoms with Crippen molar-refractivity contribution in [3.05, 3.63) is 65.5 Å². The highest BCUT2D eigenvalue weighted by Gasteiger charge is 2.15. The lowest BCUT2D eigenvalue weighted by molar-refractivity contribution is -0.120. The lowest BCUT2D eigenvalue weighted by Crippen LogP contribution is -2.37. The van der Waals surface area contributed by atoms with E-state index in [2.05, 4.69) is 15.0 Å². The summed E-state index contributed by atoms with van der Waals surface area (Å²) in [6, 6.07) is 12.8. The largest absolute Gasteiger partial charge is 0.349 e. The molecule has 0 bridgehead atoms. The maximum Gasteiger partial charge on any atom is 0.235 e. The average molecular weight is 347 g/mol. The molecule has 0 spiro atoms. The van der Waals surface area contributed by atoms with Crippen LogP contribution in [-0.4, -0.2) is 25.9 Å². The molecule has 0 saturated carbocycles. The van der Waals surface area contributed by atoms with Crippen LogP contribution in [0.15, 0.2) is 48.7 Å². The smallest absolute Gasteiger partial charge is 0.235 e. The summed E-state index contributed by atoms with van der Waals surface area (Å²) in [6.07, 6.45) is 2.39. The minimum Gasteiger partial charge on any atom is -0.349 e. The minimum absolute atomic E-state index is 0.134. The van der Waals surface area contributed by atoms with Gasteiger partial charge in [0.15, 0.2) is 0 Å². The third-order valence-electron chi connectivity index (χ3n) is 3.49. The quantitative estimate of drug-likeness (QED) is 0.755. The fourth-order valence-electron chi connectivity index (χ4n) is 2.23. The van der Waals surface area contributed by atoms with Crippen LogP contribution in [0.4, 0.5) is 0 Å². The molecule has 1 heterocycles. The summed E-state index contributed by atoms with van der Waals surface area (Å²) >= 11 is 0. The third-order valence-corrected chi connectivity index (χ3v) is 4.77. The van der Waals surface area contributed by atoms with Gasteiger partial charge in [-0.1, -0.05) is 37.3 Å². The molecule has 0 saturated heterocycles. The number of pyridine rings is 1. The lowest BCUT2D eigenvalue weighted by Gasteiger charge is -2.10. The summed E-state index contributed by atoms with van der Waals surface area (Å²) < 4.78 is 26.6. The van der Waals surface area contributed by atoms with Gasteiger partial charge >= 0.3 is 0 Å². The maximum atomic E-state index is 12.1. The van der Waals surface area contributed by atoms with Crippen LogP contribution in [0, 0.1) is 0 Å². The first-order valence-electron chi connectivity index (χ1n) is 7.71. The number of hydrogen-bond donors (Lipinski definition) is 2. The number of aromatic nitrogens is 1. The number of sulfonamides is 1. The van der Waals surface area contributed by atoms with Crippen LogP contribution >= 0.6 is 0 Å². The van der Waals surface area contributed by atoms with Crippen molar-refractivity contribution >= 4 is 15.9 Å². The average Bonchev–Trinajstić information content (AvgIpc) is 2.59. The van der Waals surface area contributed by atoms with Crippen molar-refractivity contribution in [1.82, 2.24) is 15.0 Å². The standard InChI is InChI=1S/C17H21N3O3S/c1-2-14-7-3-4-8-15(14)13-24(22,23)20-12-17(21)19-11-16-9-5-6-10-18-16/h3-10,20H,2,11-13H2,1H3,(H,19,21). The van der Waals surface area contributed by atoms with Crippen LogP contribution in [0.2, 0.25) is 0 Å². The molecule has 1 aromatic heterocycles. The van der Waals surface area contributed by atoms with Crippen molar-refractivity contribution in [3.8, 4) is 0 Å². The summed E-state index contributed by atoms with van der Waals surface area (Å²) in [5.41, 5.74) is 2.45. The second-order valence-corrected chi connectivity index (χ2v) is 7.11. The zero-order valence-electron chi connectivity index (χ0n) is 13.5. The Balaban J connectivity index is 1.84. The van der Waals surface area contributed by atoms with E-state index in [1.165, 1.54) is 0 Å². The van der Waals surface area contributed by atoms with E-state index < -0.39 is 15.9 Å². The Hall–Kier alpha value is -2.25. The SMILES string of the molecule is CCc1ccccc1CS(=O)(=O)NCC(=O)NCc1ccccn1. The number of benzene rings is 1. The van der Waals surface area contributed by atoms with Gasteiger partial charge in [0.05, 0.1) is 24.5 Å². The Morgan fingerprint density at radius 1 is 1.08 bits per heavy atom. The van der Waals surface area contributed by atoms with Gasteiger partial charge in [0.2, 0.25) is 15.9 Å². The van der Waals surface area contributed by atoms with E-state index in [0.717, 1.165) is 17.5 Å². The zero-order valence-corrected chi connectivity index (χ0v) is 14.3. The number of rotatable bonds is 8. The van der Waals surface area contributed by atoms with E-state index in [9.17, 15) is 13.2 Å². The lowest BCUT2D eigenvalue weighted by atomic mass is 10.1. The van der Waals surface area contributed by atoms with Crippen molar-refractivity contribution in [1.29, 1.82) is 0 Å². The zero-order chi connectivity index (χ0) is 17.4. The van der Waals surface area contributed by atoms with Crippen LogP contribution < -0.4 is 10.0 Å². The van der Waals surface area contributed by atoms with Gasteiger partial charge in [0.25, 0.3) is 0 Å². The summed E-state index contributed by atoms with van der Waals surface area (Å²) in [4.78, 5) is 15.9. The molecule has 0 aliphatic rings. The molecular weight excluding hydrogens is 326 g/mol. The normalized spacial score (nSPS) is 11.2. The van der Waals surface area contributed by atoms with Gasteiger partial charge < -0.3 is 5.32 Å². The second kappa shape index (κ2) is 8.56. The predicted octanol–water partition coefficient (Wildman–Crippen LogP) is 1.38. The summed E-state index contributed by atoms with van der Waals surface area (Å²) in [7, 11) is -3.57. The number of amides is 1. The van der Waals surface area contributed by atoms with Gasteiger partial charge in [-0.3, -0.25) is 9.78 Å². The predicted molar refractivity (Wildman–Crippen MR) is 92.5 cm³/mol. The molecule has 0 unspecified atom stereocenters. The van der Waals surface area contributed by atoms with Gasteiger partial charge in [0.1, 0.15) is 0 Å². The molecule has 7 heteroatoms. The van der Waals surface area contributed by atoms with Crippen molar-refractivity contribution in [2.24, 2.45) is 0 Å². The number of nitrogens with zero attached hydrogens (tertiary/aromatic N) is 1. The highest BCUT2D eigenvalue weighted by atomic mass is 32.2. The number of nitrogens with one attached hydrogen (secondary N) is 2. The number of hydrogen-bond acceptors (Lipinski definition) is 4. The Morgan fingerprint density at radius 3 is 2.46 bits per heavy atom. The molecule has 2 rings (SSSR count). The van der Waals surface area contributed by atoms with E-state index in [0.29, 0.717) is 5.69 Å². The van der Waals surface area contributed by atoms with Gasteiger partial charge in [-0.15, -0.1) is 0 Å². The Bertz CT molecular complexity index is 777. The number of aryl methyl sites for hydroxylation is 1. The molecule has 0 atom stereocenters. The molecule has 0 radical (unpaired) electrons. The highest BCUT2D eigenvalue weighted by Crippen LogP contribution is 2.12. The number of carbonyl (C=O) groups is 1. The van der Waals surface area contributed by atoms with Crippen molar-refractivity contribution in [2.45, 2.75) is 25.6 Å². The minimum atomic E-state index is -3.57. The van der Waals surface area contributed by atoms with Crippen LogP contribution in [0.5, 0.6) is 0 Å². The molecule has 0 aliphatic carbocycles. The monoisotopic (exact) mass is 347 g/mol. The fourth-order valence-corrected chi connectivity index (χ4v) is 3.37. The summed E-state index contributed by atoms with van der Waals surface area (Å²) in [6.45, 7) is 1.95. The molecule has 0 fully saturated rings. The molecule has 0 aliphatic heterocycles. The first kappa shape index (κ1) is 18.1. The van der Waals surface area contributed by atoms with Crippen LogP contribution in [0.25, 0.3) is 0 Å². The van der Waals surface area contributed by atoms with E-state index in [4.69, 9.17) is 0 Å². The van der Waals surface area contributed by atoms with E-state index in [-0.39, 0.29) is 18.8 Å². The third kappa shape index (κ3) is 5.75. The van der Waals surface area contributed by atoms with Crippen molar-refractivity contribution < 1.29 is 13.2 Å². The Labute approximate surface area is 142 Å². The number of carbonyl (C=O) groups excluding carboxylic acids is 1. The van der Waals surface area contributed by atoms with E-state index in [1.807, 2.05) is 31.2 Å². The Morgan fingerprint density at radius 2 is 1.79 bits per heavy atom. The molecule has 128 valence electrons. The molecule has 24 heavy (non-hydrogen) atoms. The molecule has 1 aromatic carbocycles. The summed E-state index contributed by atoms with van der Waals surface area (Å²) in [5.74, 6) is -0.530. The van der Waals surface area contributed by atoms with Crippen LogP contribution in [0.3, 0.4) is 0 Å². The molecule has 2 N–H and O–H groups in total. The van der Waals surface area contributed by atoms with Gasteiger partial charge in [0, 0.05) is 6.20 Å². The van der Waals surface area contributed by atoms with Crippen LogP contribution in [-0.2, 0) is 33.5 Å². The van der Waals surface area contributed by atoms with Crippen LogP contribution in [0.1, 0.15) is 23.7 Å². The second-order valence-electron chi connectivity index (χ2n) is 5.30. The van der Waals surface area contributed by atoms with E-state index >= 15 is 0 Å². The molecule has 1 amide bonds. The molecular formula is C17H21N3O3S. The molecule has 2 aromatic rings. The van der Waals surface area contributed by atoms with Gasteiger partial charge in [-0.2, -0.15) is 0 Å². The van der Waals surface area contributed by atoms with Gasteiger partial charge in [-0.05, 0) is 29.7 Å². The topological polar surface area (TPSA) is 88.2 Å². The molecule has 6 nitrogen and oxygen atoms in total. The Kier molecular flexibility index (Phi) is 6.45. The van der Waals surface area contributed by atoms with Crippen molar-refractivity contribution in [2.75, 3.05) is 6.54 Å². The first-order valence-corrected chi connectivity index (χ1v) is 9.36. The van der Waals surface area contributed by atoms with E-state index in [1.54, 1.807) is 24.4 Å². The summed E-state index contributed by atoms with van der Waals surface area (Å²) in [5, 5.41) is 2.63. The first-order chi connectivity index (χ1) is 11.5. The highest BCUT2D eigenvalue weighted by molar-refractivity contribution is 7.88.